The van der Waals surface area contributed by atoms with Gasteiger partial charge in [-0.1, -0.05) is 12.1 Å². The maximum atomic E-state index is 14.1. The molecule has 0 aliphatic carbocycles. The van der Waals surface area contributed by atoms with Crippen LogP contribution in [0, 0.1) is 5.82 Å². The van der Waals surface area contributed by atoms with Gasteiger partial charge in [-0.25, -0.2) is 14.4 Å². The van der Waals surface area contributed by atoms with Crippen molar-refractivity contribution in [3.05, 3.63) is 54.2 Å². The number of halogens is 1. The maximum absolute atomic E-state index is 14.1. The summed E-state index contributed by atoms with van der Waals surface area (Å²) in [5, 5.41) is 0. The van der Waals surface area contributed by atoms with Gasteiger partial charge >= 0.3 is 0 Å². The third-order valence-electron chi connectivity index (χ3n) is 3.11. The molecule has 1 aromatic carbocycles. The Balaban J connectivity index is 2.23. The number of rotatable bonds is 4. The van der Waals surface area contributed by atoms with Crippen LogP contribution in [0.4, 0.5) is 4.39 Å². The summed E-state index contributed by atoms with van der Waals surface area (Å²) in [7, 11) is 1.63. The molecule has 3 aromatic rings. The van der Waals surface area contributed by atoms with E-state index in [2.05, 4.69) is 9.97 Å². The minimum atomic E-state index is -0.295. The highest BCUT2D eigenvalue weighted by atomic mass is 19.1. The molecule has 0 spiro atoms. The average Bonchev–Trinajstić information content (AvgIpc) is 2.84. The minimum Gasteiger partial charge on any atom is -0.384 e. The lowest BCUT2D eigenvalue weighted by Gasteiger charge is -2.09. The monoisotopic (exact) mass is 271 g/mol. The molecule has 0 bridgehead atoms. The molecule has 4 nitrogen and oxygen atoms in total. The van der Waals surface area contributed by atoms with Gasteiger partial charge in [0.25, 0.3) is 0 Å². The van der Waals surface area contributed by atoms with Crippen LogP contribution in [0.25, 0.3) is 16.9 Å². The quantitative estimate of drug-likeness (QED) is 0.732. The lowest BCUT2D eigenvalue weighted by atomic mass is 10.3. The van der Waals surface area contributed by atoms with Crippen LogP contribution in [-0.4, -0.2) is 28.3 Å². The molecule has 5 heteroatoms. The molecule has 0 unspecified atom stereocenters. The number of para-hydroxylation sites is 1. The van der Waals surface area contributed by atoms with Crippen LogP contribution < -0.4 is 0 Å². The summed E-state index contributed by atoms with van der Waals surface area (Å²) >= 11 is 0. The zero-order chi connectivity index (χ0) is 13.9. The van der Waals surface area contributed by atoms with Crippen molar-refractivity contribution in [1.29, 1.82) is 0 Å². The number of nitrogens with zero attached hydrogens (tertiary/aromatic N) is 3. The molecule has 102 valence electrons. The largest absolute Gasteiger partial charge is 0.384 e. The molecule has 0 saturated heterocycles. The molecule has 0 aliphatic heterocycles. The zero-order valence-electron chi connectivity index (χ0n) is 11.1. The smallest absolute Gasteiger partial charge is 0.164 e. The van der Waals surface area contributed by atoms with Crippen molar-refractivity contribution in [3.63, 3.8) is 0 Å². The van der Waals surface area contributed by atoms with E-state index in [1.807, 2.05) is 12.1 Å². The third-order valence-corrected chi connectivity index (χ3v) is 3.11. The number of aromatic nitrogens is 3. The molecule has 0 aliphatic rings. The van der Waals surface area contributed by atoms with E-state index >= 15 is 0 Å². The molecule has 3 rings (SSSR count). The Morgan fingerprint density at radius 2 is 2.05 bits per heavy atom. The van der Waals surface area contributed by atoms with Crippen molar-refractivity contribution in [2.75, 3.05) is 13.7 Å². The van der Waals surface area contributed by atoms with Gasteiger partial charge in [0.05, 0.1) is 12.3 Å². The van der Waals surface area contributed by atoms with Crippen LogP contribution in [0.2, 0.25) is 0 Å². The minimum absolute atomic E-state index is 0.295. The van der Waals surface area contributed by atoms with E-state index < -0.39 is 0 Å². The van der Waals surface area contributed by atoms with Gasteiger partial charge in [-0.2, -0.15) is 0 Å². The van der Waals surface area contributed by atoms with Gasteiger partial charge in [-0.05, 0) is 24.3 Å². The lowest BCUT2D eigenvalue weighted by Crippen LogP contribution is -2.07. The number of hydrogen-bond donors (Lipinski definition) is 0. The van der Waals surface area contributed by atoms with Gasteiger partial charge in [-0.15, -0.1) is 0 Å². The van der Waals surface area contributed by atoms with Gasteiger partial charge in [0.1, 0.15) is 17.2 Å². The Kier molecular flexibility index (Phi) is 3.43. The second-order valence-electron chi connectivity index (χ2n) is 4.40. The van der Waals surface area contributed by atoms with Crippen LogP contribution in [0.3, 0.4) is 0 Å². The highest BCUT2D eigenvalue weighted by Gasteiger charge is 2.15. The van der Waals surface area contributed by atoms with Gasteiger partial charge in [-0.3, -0.25) is 4.57 Å². The fraction of sp³-hybridized carbons (Fsp3) is 0.200. The molecule has 0 N–H and O–H groups in total. The van der Waals surface area contributed by atoms with E-state index in [0.29, 0.717) is 24.4 Å². The van der Waals surface area contributed by atoms with E-state index in [1.54, 1.807) is 36.1 Å². The molecular weight excluding hydrogens is 257 g/mol. The van der Waals surface area contributed by atoms with Crippen molar-refractivity contribution < 1.29 is 9.13 Å². The number of methoxy groups -OCH3 is 1. The Labute approximate surface area is 115 Å². The van der Waals surface area contributed by atoms with Crippen molar-refractivity contribution in [2.45, 2.75) is 6.42 Å². The van der Waals surface area contributed by atoms with Crippen LogP contribution >= 0.6 is 0 Å². The van der Waals surface area contributed by atoms with E-state index in [0.717, 1.165) is 11.3 Å². The molecular formula is C15H14FN3O. The summed E-state index contributed by atoms with van der Waals surface area (Å²) in [6, 6.07) is 10.3. The highest BCUT2D eigenvalue weighted by Crippen LogP contribution is 2.22. The molecule has 0 amide bonds. The molecule has 0 radical (unpaired) electrons. The predicted molar refractivity (Wildman–Crippen MR) is 74.4 cm³/mol. The Bertz CT molecular complexity index is 739. The molecule has 0 saturated carbocycles. The number of ether oxygens (including phenoxy) is 1. The summed E-state index contributed by atoms with van der Waals surface area (Å²) in [5.74, 6) is 0.446. The van der Waals surface area contributed by atoms with Crippen molar-refractivity contribution in [2.24, 2.45) is 0 Å². The van der Waals surface area contributed by atoms with Crippen molar-refractivity contribution >= 4 is 11.2 Å². The van der Waals surface area contributed by atoms with Crippen molar-refractivity contribution in [1.82, 2.24) is 14.5 Å². The summed E-state index contributed by atoms with van der Waals surface area (Å²) in [5.41, 5.74) is 1.87. The second kappa shape index (κ2) is 5.38. The van der Waals surface area contributed by atoms with Crippen LogP contribution in [0.15, 0.2) is 42.6 Å². The highest BCUT2D eigenvalue weighted by molar-refractivity contribution is 5.73. The molecule has 0 fully saturated rings. The van der Waals surface area contributed by atoms with Crippen LogP contribution in [-0.2, 0) is 11.2 Å². The first-order chi connectivity index (χ1) is 9.81. The summed E-state index contributed by atoms with van der Waals surface area (Å²) in [6.45, 7) is 0.526. The number of benzene rings is 1. The predicted octanol–water partition coefficient (Wildman–Crippen LogP) is 2.75. The van der Waals surface area contributed by atoms with E-state index in [1.165, 1.54) is 6.07 Å². The Morgan fingerprint density at radius 3 is 2.85 bits per heavy atom. The van der Waals surface area contributed by atoms with E-state index in [4.69, 9.17) is 4.74 Å². The lowest BCUT2D eigenvalue weighted by molar-refractivity contribution is 0.200. The van der Waals surface area contributed by atoms with Gasteiger partial charge in [0.15, 0.2) is 5.65 Å². The standard InChI is InChI=1S/C15H14FN3O/c1-20-10-8-14-18-12-6-4-9-17-15(12)19(14)13-7-3-2-5-11(13)16/h2-7,9H,8,10H2,1H3. The SMILES string of the molecule is COCCc1nc2cccnc2n1-c1ccccc1F. The number of hydrogen-bond acceptors (Lipinski definition) is 3. The second-order valence-corrected chi connectivity index (χ2v) is 4.40. The Hall–Kier alpha value is -2.27. The molecule has 20 heavy (non-hydrogen) atoms. The topological polar surface area (TPSA) is 39.9 Å². The first-order valence-electron chi connectivity index (χ1n) is 6.37. The van der Waals surface area contributed by atoms with Crippen LogP contribution in [0.1, 0.15) is 5.82 Å². The van der Waals surface area contributed by atoms with Crippen molar-refractivity contribution in [3.8, 4) is 5.69 Å². The van der Waals surface area contributed by atoms with E-state index in [9.17, 15) is 4.39 Å². The summed E-state index contributed by atoms with van der Waals surface area (Å²) < 4.78 is 20.9. The number of fused-ring (bicyclic) bond motifs is 1. The summed E-state index contributed by atoms with van der Waals surface area (Å²) in [4.78, 5) is 8.84. The normalized spacial score (nSPS) is 11.1. The first kappa shape index (κ1) is 12.7. The molecule has 2 aromatic heterocycles. The molecule has 2 heterocycles. The third kappa shape index (κ3) is 2.16. The number of pyridine rings is 1. The first-order valence-corrected chi connectivity index (χ1v) is 6.37. The van der Waals surface area contributed by atoms with Crippen LogP contribution in [0.5, 0.6) is 0 Å². The van der Waals surface area contributed by atoms with Gasteiger partial charge in [0, 0.05) is 19.7 Å². The maximum Gasteiger partial charge on any atom is 0.164 e. The van der Waals surface area contributed by atoms with Gasteiger partial charge < -0.3 is 4.74 Å². The fourth-order valence-electron chi connectivity index (χ4n) is 2.21. The summed E-state index contributed by atoms with van der Waals surface area (Å²) in [6.07, 6.45) is 2.28. The van der Waals surface area contributed by atoms with E-state index in [-0.39, 0.29) is 5.82 Å². The molecule has 0 atom stereocenters. The number of imidazole rings is 1. The average molecular weight is 271 g/mol. The Morgan fingerprint density at radius 1 is 1.20 bits per heavy atom. The zero-order valence-corrected chi connectivity index (χ0v) is 11.1. The fourth-order valence-corrected chi connectivity index (χ4v) is 2.21. The van der Waals surface area contributed by atoms with Gasteiger partial charge in [0.2, 0.25) is 0 Å².